The van der Waals surface area contributed by atoms with Gasteiger partial charge in [-0.25, -0.2) is 0 Å². The second-order valence-electron chi connectivity index (χ2n) is 8.44. The summed E-state index contributed by atoms with van der Waals surface area (Å²) in [7, 11) is 0. The molecule has 3 aromatic carbocycles. The first-order chi connectivity index (χ1) is 15.6. The van der Waals surface area contributed by atoms with Gasteiger partial charge in [0.1, 0.15) is 11.3 Å². The largest absolute Gasteiger partial charge is 0.492 e. The molecule has 0 saturated carbocycles. The van der Waals surface area contributed by atoms with Gasteiger partial charge in [-0.05, 0) is 50.2 Å². The molecule has 158 valence electrons. The highest BCUT2D eigenvalue weighted by Gasteiger charge is 2.38. The molecular formula is C27H21NO3S. The van der Waals surface area contributed by atoms with Gasteiger partial charge in [0.25, 0.3) is 0 Å². The van der Waals surface area contributed by atoms with Crippen molar-refractivity contribution in [3.63, 3.8) is 0 Å². The summed E-state index contributed by atoms with van der Waals surface area (Å²) < 4.78 is 12.1. The number of hydrogen-bond donors (Lipinski definition) is 0. The van der Waals surface area contributed by atoms with Crippen molar-refractivity contribution in [1.29, 1.82) is 0 Å². The van der Waals surface area contributed by atoms with Crippen molar-refractivity contribution < 1.29 is 9.15 Å². The van der Waals surface area contributed by atoms with Crippen molar-refractivity contribution in [2.45, 2.75) is 24.0 Å². The molecule has 5 heteroatoms. The van der Waals surface area contributed by atoms with Crippen molar-refractivity contribution in [1.82, 2.24) is 0 Å². The van der Waals surface area contributed by atoms with Crippen LogP contribution >= 0.6 is 11.8 Å². The smallest absolute Gasteiger partial charge is 0.197 e. The van der Waals surface area contributed by atoms with Crippen LogP contribution in [0.4, 0.5) is 5.69 Å². The van der Waals surface area contributed by atoms with E-state index in [1.807, 2.05) is 49.4 Å². The molecule has 0 N–H and O–H groups in total. The zero-order valence-electron chi connectivity index (χ0n) is 17.8. The molecule has 32 heavy (non-hydrogen) atoms. The summed E-state index contributed by atoms with van der Waals surface area (Å²) >= 11 is 1.67. The highest BCUT2D eigenvalue weighted by Crippen LogP contribution is 2.49. The van der Waals surface area contributed by atoms with Gasteiger partial charge in [0.2, 0.25) is 0 Å². The Kier molecular flexibility index (Phi) is 4.47. The Morgan fingerprint density at radius 3 is 2.72 bits per heavy atom. The van der Waals surface area contributed by atoms with E-state index in [4.69, 9.17) is 14.1 Å². The lowest BCUT2D eigenvalue weighted by atomic mass is 9.87. The van der Waals surface area contributed by atoms with Gasteiger partial charge in [0.05, 0.1) is 40.8 Å². The molecule has 6 rings (SSSR count). The Hall–Kier alpha value is -3.31. The van der Waals surface area contributed by atoms with Gasteiger partial charge in [-0.1, -0.05) is 35.4 Å². The number of aryl methyl sites for hydroxylation is 2. The molecule has 0 saturated heterocycles. The van der Waals surface area contributed by atoms with Crippen LogP contribution in [0.5, 0.6) is 5.75 Å². The molecule has 0 aliphatic carbocycles. The van der Waals surface area contributed by atoms with Crippen LogP contribution < -0.4 is 10.2 Å². The molecule has 4 nitrogen and oxygen atoms in total. The molecule has 0 bridgehead atoms. The summed E-state index contributed by atoms with van der Waals surface area (Å²) in [5.74, 6) is 0.766. The maximum absolute atomic E-state index is 13.6. The normalized spacial score (nSPS) is 19.2. The first-order valence-corrected chi connectivity index (χ1v) is 11.6. The molecule has 0 fully saturated rings. The quantitative estimate of drug-likeness (QED) is 0.345. The van der Waals surface area contributed by atoms with Crippen molar-refractivity contribution >= 4 is 34.1 Å². The highest BCUT2D eigenvalue weighted by molar-refractivity contribution is 7.99. The van der Waals surface area contributed by atoms with E-state index >= 15 is 0 Å². The summed E-state index contributed by atoms with van der Waals surface area (Å²) in [5, 5.41) is 0.444. The van der Waals surface area contributed by atoms with Crippen LogP contribution in [-0.2, 0) is 0 Å². The molecule has 0 spiro atoms. The minimum absolute atomic E-state index is 0.0150. The zero-order valence-corrected chi connectivity index (χ0v) is 18.6. The maximum Gasteiger partial charge on any atom is 0.197 e. The van der Waals surface area contributed by atoms with Crippen molar-refractivity contribution in [2.75, 3.05) is 6.61 Å². The number of benzene rings is 3. The molecule has 2 atom stereocenters. The van der Waals surface area contributed by atoms with E-state index in [-0.39, 0.29) is 16.6 Å². The van der Waals surface area contributed by atoms with Gasteiger partial charge in [-0.15, -0.1) is 11.8 Å². The number of fused-ring (bicyclic) bond motifs is 5. The maximum atomic E-state index is 13.6. The fraction of sp³-hybridized carbons (Fsp3) is 0.185. The second-order valence-corrected chi connectivity index (χ2v) is 9.62. The topological polar surface area (TPSA) is 51.8 Å². The Labute approximate surface area is 190 Å². The standard InChI is InChI=1S/C27H21NO3S/c1-15-7-9-22-17(11-15)25-19(13-30-22)27(32-24-6-4-3-5-21(24)28-25)20-14-31-23-10-8-16(2)12-18(23)26(20)29/h3-12,14,19,27H,13H2,1-2H3/t19-,27+/m1/s1. The van der Waals surface area contributed by atoms with Crippen molar-refractivity contribution in [2.24, 2.45) is 10.9 Å². The molecule has 0 amide bonds. The number of thioether (sulfide) groups is 1. The third-order valence-electron chi connectivity index (χ3n) is 6.17. The SMILES string of the molecule is Cc1ccc2c(c1)C1=Nc3ccccc3S[C@H](c3coc4ccc(C)cc4c3=O)[C@@H]1CO2. The number of hydrogen-bond acceptors (Lipinski definition) is 5. The van der Waals surface area contributed by atoms with Crippen LogP contribution in [0.15, 0.2) is 86.0 Å². The minimum atomic E-state index is -0.174. The average molecular weight is 440 g/mol. The average Bonchev–Trinajstić information content (AvgIpc) is 2.97. The fourth-order valence-electron chi connectivity index (χ4n) is 4.54. The van der Waals surface area contributed by atoms with Crippen molar-refractivity contribution in [3.8, 4) is 5.75 Å². The first kappa shape index (κ1) is 19.4. The number of para-hydroxylation sites is 1. The van der Waals surface area contributed by atoms with Crippen LogP contribution in [0.25, 0.3) is 11.0 Å². The lowest BCUT2D eigenvalue weighted by Gasteiger charge is -2.31. The van der Waals surface area contributed by atoms with Gasteiger partial charge < -0.3 is 9.15 Å². The van der Waals surface area contributed by atoms with E-state index in [0.29, 0.717) is 23.1 Å². The van der Waals surface area contributed by atoms with Crippen LogP contribution in [-0.4, -0.2) is 12.3 Å². The number of nitrogens with zero attached hydrogens (tertiary/aromatic N) is 1. The summed E-state index contributed by atoms with van der Waals surface area (Å²) in [4.78, 5) is 19.8. The third kappa shape index (κ3) is 3.07. The predicted octanol–water partition coefficient (Wildman–Crippen LogP) is 6.39. The van der Waals surface area contributed by atoms with E-state index in [9.17, 15) is 4.79 Å². The van der Waals surface area contributed by atoms with E-state index < -0.39 is 0 Å². The molecular weight excluding hydrogens is 418 g/mol. The summed E-state index contributed by atoms with van der Waals surface area (Å²) in [5.41, 5.74) is 6.37. The molecule has 2 aliphatic heterocycles. The van der Waals surface area contributed by atoms with Crippen LogP contribution in [0.3, 0.4) is 0 Å². The summed E-state index contributed by atoms with van der Waals surface area (Å²) in [6, 6.07) is 20.0. The fourth-order valence-corrected chi connectivity index (χ4v) is 5.86. The predicted molar refractivity (Wildman–Crippen MR) is 129 cm³/mol. The Morgan fingerprint density at radius 2 is 1.81 bits per heavy atom. The first-order valence-electron chi connectivity index (χ1n) is 10.7. The van der Waals surface area contributed by atoms with E-state index in [1.165, 1.54) is 0 Å². The zero-order chi connectivity index (χ0) is 21.8. The highest BCUT2D eigenvalue weighted by atomic mass is 32.2. The summed E-state index contributed by atoms with van der Waals surface area (Å²) in [6.45, 7) is 4.52. The summed E-state index contributed by atoms with van der Waals surface area (Å²) in [6.07, 6.45) is 1.63. The third-order valence-corrected chi connectivity index (χ3v) is 7.60. The second kappa shape index (κ2) is 7.38. The van der Waals surface area contributed by atoms with Gasteiger partial charge >= 0.3 is 0 Å². The molecule has 0 radical (unpaired) electrons. The Balaban J connectivity index is 1.59. The lowest BCUT2D eigenvalue weighted by Crippen LogP contribution is -2.33. The van der Waals surface area contributed by atoms with E-state index in [1.54, 1.807) is 18.0 Å². The monoisotopic (exact) mass is 439 g/mol. The minimum Gasteiger partial charge on any atom is -0.492 e. The number of aliphatic imine (C=N–C) groups is 1. The lowest BCUT2D eigenvalue weighted by molar-refractivity contribution is 0.271. The number of ether oxygens (including phenoxy) is 1. The Bertz CT molecular complexity index is 1470. The van der Waals surface area contributed by atoms with Crippen LogP contribution in [0.1, 0.15) is 27.5 Å². The van der Waals surface area contributed by atoms with Gasteiger partial charge in [-0.2, -0.15) is 0 Å². The van der Waals surface area contributed by atoms with Crippen molar-refractivity contribution in [3.05, 3.63) is 99.4 Å². The van der Waals surface area contributed by atoms with Crippen LogP contribution in [0, 0.1) is 19.8 Å². The van der Waals surface area contributed by atoms with E-state index in [0.717, 1.165) is 38.7 Å². The Morgan fingerprint density at radius 1 is 1.00 bits per heavy atom. The van der Waals surface area contributed by atoms with Gasteiger partial charge in [0.15, 0.2) is 5.43 Å². The van der Waals surface area contributed by atoms with Gasteiger partial charge in [0, 0.05) is 16.0 Å². The molecule has 4 aromatic rings. The van der Waals surface area contributed by atoms with Crippen LogP contribution in [0.2, 0.25) is 0 Å². The molecule has 1 aromatic heterocycles. The van der Waals surface area contributed by atoms with Gasteiger partial charge in [-0.3, -0.25) is 9.79 Å². The molecule has 2 aliphatic rings. The number of rotatable bonds is 1. The molecule has 3 heterocycles. The van der Waals surface area contributed by atoms with E-state index in [2.05, 4.69) is 25.1 Å². The molecule has 0 unspecified atom stereocenters.